The summed E-state index contributed by atoms with van der Waals surface area (Å²) in [6, 6.07) is 11.9. The van der Waals surface area contributed by atoms with Crippen LogP contribution in [0.25, 0.3) is 0 Å². The van der Waals surface area contributed by atoms with Crippen molar-refractivity contribution in [2.24, 2.45) is 0 Å². The van der Waals surface area contributed by atoms with Gasteiger partial charge in [0.15, 0.2) is 0 Å². The van der Waals surface area contributed by atoms with Crippen LogP contribution in [0.5, 0.6) is 0 Å². The van der Waals surface area contributed by atoms with Gasteiger partial charge in [-0.15, -0.1) is 0 Å². The molecule has 2 aromatic carbocycles. The zero-order valence-electron chi connectivity index (χ0n) is 15.6. The smallest absolute Gasteiger partial charge is 0.250 e. The number of sulfonamides is 1. The second kappa shape index (κ2) is 7.52. The van der Waals surface area contributed by atoms with Crippen molar-refractivity contribution < 1.29 is 13.2 Å². The Bertz CT molecular complexity index is 975. The maximum atomic E-state index is 13.3. The molecule has 27 heavy (non-hydrogen) atoms. The average Bonchev–Trinajstić information content (AvgIpc) is 2.62. The van der Waals surface area contributed by atoms with Crippen LogP contribution in [-0.4, -0.2) is 33.2 Å². The summed E-state index contributed by atoms with van der Waals surface area (Å²) in [6.45, 7) is 4.04. The molecule has 1 heterocycles. The molecule has 5 nitrogen and oxygen atoms in total. The van der Waals surface area contributed by atoms with E-state index in [2.05, 4.69) is 0 Å². The molecule has 7 heteroatoms. The van der Waals surface area contributed by atoms with Crippen molar-refractivity contribution in [1.82, 2.24) is 0 Å². The molecule has 0 aliphatic carbocycles. The molecule has 0 bridgehead atoms. The lowest BCUT2D eigenvalue weighted by Crippen LogP contribution is -2.50. The van der Waals surface area contributed by atoms with Crippen LogP contribution in [0.15, 0.2) is 42.5 Å². The van der Waals surface area contributed by atoms with Gasteiger partial charge >= 0.3 is 0 Å². The van der Waals surface area contributed by atoms with Crippen molar-refractivity contribution in [3.05, 3.63) is 58.6 Å². The van der Waals surface area contributed by atoms with Gasteiger partial charge in [-0.1, -0.05) is 35.9 Å². The average molecular weight is 407 g/mol. The van der Waals surface area contributed by atoms with Crippen molar-refractivity contribution in [3.63, 3.8) is 0 Å². The SMILES string of the molecule is Cc1ccc(N([C@H](C)C(=O)N2CCCc3ccccc32)S(C)(=O)=O)cc1Cl. The van der Waals surface area contributed by atoms with Crippen LogP contribution >= 0.6 is 11.6 Å². The van der Waals surface area contributed by atoms with E-state index in [1.807, 2.05) is 31.2 Å². The van der Waals surface area contributed by atoms with Gasteiger partial charge in [-0.2, -0.15) is 0 Å². The summed E-state index contributed by atoms with van der Waals surface area (Å²) in [5, 5.41) is 0.462. The van der Waals surface area contributed by atoms with Gasteiger partial charge in [0, 0.05) is 17.3 Å². The Morgan fingerprint density at radius 3 is 2.59 bits per heavy atom. The number of anilines is 2. The van der Waals surface area contributed by atoms with Crippen LogP contribution in [0.4, 0.5) is 11.4 Å². The summed E-state index contributed by atoms with van der Waals surface area (Å²) in [5.41, 5.74) is 3.20. The summed E-state index contributed by atoms with van der Waals surface area (Å²) in [6.07, 6.45) is 2.87. The van der Waals surface area contributed by atoms with E-state index in [1.165, 1.54) is 0 Å². The third kappa shape index (κ3) is 3.96. The lowest BCUT2D eigenvalue weighted by atomic mass is 10.0. The Balaban J connectivity index is 1.99. The minimum absolute atomic E-state index is 0.246. The van der Waals surface area contributed by atoms with E-state index in [0.717, 1.165) is 40.2 Å². The van der Waals surface area contributed by atoms with E-state index in [9.17, 15) is 13.2 Å². The number of hydrogen-bond donors (Lipinski definition) is 0. The number of carbonyl (C=O) groups excluding carboxylic acids is 1. The fraction of sp³-hybridized carbons (Fsp3) is 0.350. The van der Waals surface area contributed by atoms with Gasteiger partial charge in [-0.25, -0.2) is 8.42 Å². The molecule has 0 fully saturated rings. The summed E-state index contributed by atoms with van der Waals surface area (Å²) >= 11 is 6.19. The predicted molar refractivity (Wildman–Crippen MR) is 110 cm³/mol. The number of fused-ring (bicyclic) bond motifs is 1. The van der Waals surface area contributed by atoms with Crippen LogP contribution in [0.3, 0.4) is 0 Å². The van der Waals surface area contributed by atoms with E-state index >= 15 is 0 Å². The highest BCUT2D eigenvalue weighted by Gasteiger charge is 2.34. The van der Waals surface area contributed by atoms with Crippen LogP contribution in [-0.2, 0) is 21.2 Å². The van der Waals surface area contributed by atoms with Crippen LogP contribution in [0.2, 0.25) is 5.02 Å². The Kier molecular flexibility index (Phi) is 5.49. The molecule has 0 radical (unpaired) electrons. The Morgan fingerprint density at radius 1 is 1.22 bits per heavy atom. The van der Waals surface area contributed by atoms with Crippen molar-refractivity contribution in [3.8, 4) is 0 Å². The van der Waals surface area contributed by atoms with Gasteiger partial charge in [0.25, 0.3) is 5.91 Å². The van der Waals surface area contributed by atoms with E-state index in [1.54, 1.807) is 30.0 Å². The number of hydrogen-bond acceptors (Lipinski definition) is 3. The summed E-state index contributed by atoms with van der Waals surface area (Å²) in [4.78, 5) is 15.0. The topological polar surface area (TPSA) is 57.7 Å². The molecule has 1 aliphatic rings. The lowest BCUT2D eigenvalue weighted by Gasteiger charge is -2.35. The Hall–Kier alpha value is -2.05. The van der Waals surface area contributed by atoms with Gasteiger partial charge in [-0.05, 0) is 56.0 Å². The highest BCUT2D eigenvalue weighted by molar-refractivity contribution is 7.92. The molecule has 1 amide bonds. The third-order valence-corrected chi connectivity index (χ3v) is 6.50. The van der Waals surface area contributed by atoms with Crippen LogP contribution in [0, 0.1) is 6.92 Å². The van der Waals surface area contributed by atoms with Crippen molar-refractivity contribution >= 4 is 38.9 Å². The number of aryl methyl sites for hydroxylation is 2. The molecule has 2 aromatic rings. The molecule has 0 N–H and O–H groups in total. The predicted octanol–water partition coefficient (Wildman–Crippen LogP) is 3.78. The summed E-state index contributed by atoms with van der Waals surface area (Å²) in [5.74, 6) is -0.246. The van der Waals surface area contributed by atoms with E-state index in [-0.39, 0.29) is 5.91 Å². The first-order valence-corrected chi connectivity index (χ1v) is 11.1. The molecular formula is C20H23ClN2O3S. The Morgan fingerprint density at radius 2 is 1.93 bits per heavy atom. The molecule has 0 unspecified atom stereocenters. The largest absolute Gasteiger partial charge is 0.310 e. The first-order valence-electron chi connectivity index (χ1n) is 8.85. The third-order valence-electron chi connectivity index (χ3n) is 4.85. The van der Waals surface area contributed by atoms with Crippen LogP contribution in [0.1, 0.15) is 24.5 Å². The molecule has 1 aliphatic heterocycles. The molecule has 0 aromatic heterocycles. The van der Waals surface area contributed by atoms with Crippen molar-refractivity contribution in [2.75, 3.05) is 22.0 Å². The molecular weight excluding hydrogens is 384 g/mol. The number of carbonyl (C=O) groups is 1. The molecule has 0 saturated heterocycles. The summed E-state index contributed by atoms with van der Waals surface area (Å²) < 4.78 is 26.2. The van der Waals surface area contributed by atoms with Crippen molar-refractivity contribution in [1.29, 1.82) is 0 Å². The molecule has 0 saturated carbocycles. The summed E-state index contributed by atoms with van der Waals surface area (Å²) in [7, 11) is -3.68. The van der Waals surface area contributed by atoms with Crippen LogP contribution < -0.4 is 9.21 Å². The number of rotatable bonds is 4. The zero-order chi connectivity index (χ0) is 19.8. The first kappa shape index (κ1) is 19.7. The fourth-order valence-electron chi connectivity index (χ4n) is 3.51. The number of nitrogens with zero attached hydrogens (tertiary/aromatic N) is 2. The number of benzene rings is 2. The number of halogens is 1. The van der Waals surface area contributed by atoms with Gasteiger partial charge in [0.1, 0.15) is 6.04 Å². The lowest BCUT2D eigenvalue weighted by molar-refractivity contribution is -0.119. The number of amides is 1. The monoisotopic (exact) mass is 406 g/mol. The van der Waals surface area contributed by atoms with E-state index in [4.69, 9.17) is 11.6 Å². The molecule has 1 atom stereocenters. The Labute approximate surface area is 165 Å². The normalized spacial score (nSPS) is 15.2. The van der Waals surface area contributed by atoms with Gasteiger partial charge in [-0.3, -0.25) is 9.10 Å². The highest BCUT2D eigenvalue weighted by atomic mass is 35.5. The second-order valence-electron chi connectivity index (χ2n) is 6.89. The molecule has 3 rings (SSSR count). The van der Waals surface area contributed by atoms with Gasteiger partial charge in [0.05, 0.1) is 11.9 Å². The minimum Gasteiger partial charge on any atom is -0.310 e. The zero-order valence-corrected chi connectivity index (χ0v) is 17.2. The van der Waals surface area contributed by atoms with E-state index < -0.39 is 16.1 Å². The minimum atomic E-state index is -3.68. The van der Waals surface area contributed by atoms with Gasteiger partial charge < -0.3 is 4.90 Å². The number of para-hydroxylation sites is 1. The molecule has 144 valence electrons. The maximum absolute atomic E-state index is 13.3. The van der Waals surface area contributed by atoms with Crippen molar-refractivity contribution in [2.45, 2.75) is 32.7 Å². The maximum Gasteiger partial charge on any atom is 0.250 e. The quantitative estimate of drug-likeness (QED) is 0.776. The standard InChI is InChI=1S/C20H23ClN2O3S/c1-14-10-11-17(13-18(14)21)23(27(3,25)26)15(2)20(24)22-12-6-8-16-7-4-5-9-19(16)22/h4-5,7,9-11,13,15H,6,8,12H2,1-3H3/t15-/m1/s1. The first-order chi connectivity index (χ1) is 12.7. The fourth-order valence-corrected chi connectivity index (χ4v) is 4.85. The second-order valence-corrected chi connectivity index (χ2v) is 9.16. The highest BCUT2D eigenvalue weighted by Crippen LogP contribution is 2.30. The molecule has 0 spiro atoms. The van der Waals surface area contributed by atoms with Gasteiger partial charge in [0.2, 0.25) is 10.0 Å². The van der Waals surface area contributed by atoms with E-state index in [0.29, 0.717) is 17.3 Å².